The summed E-state index contributed by atoms with van der Waals surface area (Å²) in [5, 5.41) is 2.99. The number of sulfonamides is 1. The molecule has 0 saturated carbocycles. The van der Waals surface area contributed by atoms with Crippen molar-refractivity contribution in [2.45, 2.75) is 4.90 Å². The molecule has 32 heavy (non-hydrogen) atoms. The Morgan fingerprint density at radius 2 is 1.81 bits per heavy atom. The Morgan fingerprint density at radius 3 is 2.44 bits per heavy atom. The minimum absolute atomic E-state index is 0.0708. The number of thiazole rings is 1. The molecule has 0 atom stereocenters. The summed E-state index contributed by atoms with van der Waals surface area (Å²) in [4.78, 5) is 21.1. The van der Waals surface area contributed by atoms with Gasteiger partial charge in [0.25, 0.3) is 15.9 Å². The zero-order valence-corrected chi connectivity index (χ0v) is 19.5. The molecule has 1 amide bonds. The third-order valence-electron chi connectivity index (χ3n) is 5.27. The molecule has 168 valence electrons. The lowest BCUT2D eigenvalue weighted by Crippen LogP contribution is -2.48. The van der Waals surface area contributed by atoms with Crippen LogP contribution in [0.3, 0.4) is 0 Å². The summed E-state index contributed by atoms with van der Waals surface area (Å²) >= 11 is 7.81. The van der Waals surface area contributed by atoms with Crippen LogP contribution >= 0.6 is 22.9 Å². The number of aromatic nitrogens is 1. The van der Waals surface area contributed by atoms with E-state index in [1.54, 1.807) is 22.4 Å². The lowest BCUT2D eigenvalue weighted by Gasteiger charge is -2.34. The first kappa shape index (κ1) is 22.5. The van der Waals surface area contributed by atoms with Gasteiger partial charge in [0, 0.05) is 44.8 Å². The fourth-order valence-electron chi connectivity index (χ4n) is 3.42. The van der Waals surface area contributed by atoms with Gasteiger partial charge in [0.1, 0.15) is 5.82 Å². The first-order chi connectivity index (χ1) is 15.3. The topological polar surface area (TPSA) is 73.8 Å². The van der Waals surface area contributed by atoms with Crippen LogP contribution in [-0.4, -0.2) is 57.4 Å². The minimum Gasteiger partial charge on any atom is -0.345 e. The van der Waals surface area contributed by atoms with E-state index in [1.165, 1.54) is 49.5 Å². The molecule has 1 saturated heterocycles. The maximum Gasteiger partial charge on any atom is 0.264 e. The lowest BCUT2D eigenvalue weighted by molar-refractivity contribution is 0.0746. The Kier molecular flexibility index (Phi) is 6.36. The molecule has 2 aromatic carbocycles. The van der Waals surface area contributed by atoms with Crippen molar-refractivity contribution < 1.29 is 17.6 Å². The highest BCUT2D eigenvalue weighted by Gasteiger charge is 2.28. The van der Waals surface area contributed by atoms with E-state index in [-0.39, 0.29) is 21.4 Å². The van der Waals surface area contributed by atoms with Crippen LogP contribution in [-0.2, 0) is 10.0 Å². The Morgan fingerprint density at radius 1 is 1.12 bits per heavy atom. The number of carbonyl (C=O) groups is 1. The number of carbonyl (C=O) groups excluding carboxylic acids is 1. The molecule has 0 N–H and O–H groups in total. The second-order valence-electron chi connectivity index (χ2n) is 7.18. The van der Waals surface area contributed by atoms with Crippen molar-refractivity contribution in [3.05, 3.63) is 70.4 Å². The van der Waals surface area contributed by atoms with Gasteiger partial charge in [-0.25, -0.2) is 17.8 Å². The highest BCUT2D eigenvalue weighted by atomic mass is 35.5. The summed E-state index contributed by atoms with van der Waals surface area (Å²) in [6.45, 7) is 2.20. The molecule has 0 unspecified atom stereocenters. The highest BCUT2D eigenvalue weighted by molar-refractivity contribution is 7.92. The molecule has 1 aromatic heterocycles. The van der Waals surface area contributed by atoms with Gasteiger partial charge in [0.15, 0.2) is 5.13 Å². The van der Waals surface area contributed by atoms with Crippen LogP contribution in [0.25, 0.3) is 0 Å². The predicted octanol–water partition coefficient (Wildman–Crippen LogP) is 3.72. The van der Waals surface area contributed by atoms with Crippen molar-refractivity contribution in [2.24, 2.45) is 0 Å². The predicted molar refractivity (Wildman–Crippen MR) is 124 cm³/mol. The number of hydrogen-bond acceptors (Lipinski definition) is 6. The van der Waals surface area contributed by atoms with E-state index in [4.69, 9.17) is 11.6 Å². The van der Waals surface area contributed by atoms with Gasteiger partial charge in [0.05, 0.1) is 21.2 Å². The Hall–Kier alpha value is -2.69. The van der Waals surface area contributed by atoms with Crippen LogP contribution in [0.15, 0.2) is 58.9 Å². The van der Waals surface area contributed by atoms with Crippen LogP contribution in [0.2, 0.25) is 5.02 Å². The van der Waals surface area contributed by atoms with E-state index in [9.17, 15) is 17.6 Å². The van der Waals surface area contributed by atoms with Gasteiger partial charge in [-0.2, -0.15) is 0 Å². The minimum atomic E-state index is -3.98. The van der Waals surface area contributed by atoms with Gasteiger partial charge in [0.2, 0.25) is 0 Å². The SMILES string of the molecule is CN(c1ccc(F)cc1)S(=O)(=O)c1ccc(Cl)c(C(=O)N2CCN(c3nccs3)CC2)c1. The number of hydrogen-bond donors (Lipinski definition) is 0. The van der Waals surface area contributed by atoms with Gasteiger partial charge in [-0.05, 0) is 42.5 Å². The molecular weight excluding hydrogens is 475 g/mol. The largest absolute Gasteiger partial charge is 0.345 e. The van der Waals surface area contributed by atoms with Gasteiger partial charge in [-0.3, -0.25) is 9.10 Å². The zero-order valence-electron chi connectivity index (χ0n) is 17.1. The van der Waals surface area contributed by atoms with Gasteiger partial charge < -0.3 is 9.80 Å². The Labute approximate surface area is 194 Å². The molecule has 2 heterocycles. The van der Waals surface area contributed by atoms with Crippen LogP contribution < -0.4 is 9.21 Å². The van der Waals surface area contributed by atoms with E-state index >= 15 is 0 Å². The molecule has 1 fully saturated rings. The number of piperazine rings is 1. The number of anilines is 2. The molecule has 0 radical (unpaired) electrons. The first-order valence-electron chi connectivity index (χ1n) is 9.75. The summed E-state index contributed by atoms with van der Waals surface area (Å²) in [7, 11) is -2.61. The second kappa shape index (κ2) is 9.05. The number of benzene rings is 2. The normalized spacial score (nSPS) is 14.5. The molecule has 0 spiro atoms. The van der Waals surface area contributed by atoms with Gasteiger partial charge >= 0.3 is 0 Å². The molecule has 0 bridgehead atoms. The van der Waals surface area contributed by atoms with Crippen molar-refractivity contribution in [3.63, 3.8) is 0 Å². The van der Waals surface area contributed by atoms with E-state index in [0.29, 0.717) is 31.9 Å². The average Bonchev–Trinajstić information content (AvgIpc) is 3.34. The van der Waals surface area contributed by atoms with E-state index in [1.807, 2.05) is 5.38 Å². The van der Waals surface area contributed by atoms with E-state index in [2.05, 4.69) is 9.88 Å². The Bertz CT molecular complexity index is 1210. The van der Waals surface area contributed by atoms with Gasteiger partial charge in [-0.15, -0.1) is 11.3 Å². The van der Waals surface area contributed by atoms with Crippen LogP contribution in [0.4, 0.5) is 15.2 Å². The number of amides is 1. The fourth-order valence-corrected chi connectivity index (χ4v) is 5.54. The first-order valence-corrected chi connectivity index (χ1v) is 12.4. The van der Waals surface area contributed by atoms with Crippen molar-refractivity contribution in [3.8, 4) is 0 Å². The average molecular weight is 495 g/mol. The van der Waals surface area contributed by atoms with Crippen molar-refractivity contribution in [1.82, 2.24) is 9.88 Å². The third-order valence-corrected chi connectivity index (χ3v) is 8.22. The molecule has 0 aliphatic carbocycles. The molecule has 3 aromatic rings. The fraction of sp³-hybridized carbons (Fsp3) is 0.238. The zero-order chi connectivity index (χ0) is 22.9. The highest BCUT2D eigenvalue weighted by Crippen LogP contribution is 2.27. The monoisotopic (exact) mass is 494 g/mol. The van der Waals surface area contributed by atoms with Gasteiger partial charge in [-0.1, -0.05) is 11.6 Å². The molecule has 4 rings (SSSR count). The quantitative estimate of drug-likeness (QED) is 0.540. The summed E-state index contributed by atoms with van der Waals surface area (Å²) in [5.41, 5.74) is 0.426. The summed E-state index contributed by atoms with van der Waals surface area (Å²) < 4.78 is 40.5. The van der Waals surface area contributed by atoms with Crippen LogP contribution in [0, 0.1) is 5.82 Å². The van der Waals surface area contributed by atoms with Crippen molar-refractivity contribution in [1.29, 1.82) is 0 Å². The summed E-state index contributed by atoms with van der Waals surface area (Å²) in [6.07, 6.45) is 1.74. The standard InChI is InChI=1S/C21H20ClFN4O3S2/c1-25(16-4-2-15(23)3-5-16)32(29,30)17-6-7-19(22)18(14-17)20(28)26-9-11-27(12-10-26)21-24-8-13-31-21/h2-8,13-14H,9-12H2,1H3. The maximum atomic E-state index is 13.2. The Balaban J connectivity index is 1.54. The molecule has 1 aliphatic heterocycles. The van der Waals surface area contributed by atoms with Crippen LogP contribution in [0.5, 0.6) is 0 Å². The smallest absolute Gasteiger partial charge is 0.264 e. The van der Waals surface area contributed by atoms with Crippen molar-refractivity contribution >= 4 is 49.7 Å². The third kappa shape index (κ3) is 4.43. The number of halogens is 2. The molecular formula is C21H20ClFN4O3S2. The van der Waals surface area contributed by atoms with E-state index in [0.717, 1.165) is 9.44 Å². The summed E-state index contributed by atoms with van der Waals surface area (Å²) in [5.74, 6) is -0.788. The molecule has 7 nitrogen and oxygen atoms in total. The molecule has 1 aliphatic rings. The van der Waals surface area contributed by atoms with Crippen LogP contribution in [0.1, 0.15) is 10.4 Å². The van der Waals surface area contributed by atoms with Crippen molar-refractivity contribution in [2.75, 3.05) is 42.4 Å². The lowest BCUT2D eigenvalue weighted by atomic mass is 10.2. The maximum absolute atomic E-state index is 13.2. The number of nitrogens with zero attached hydrogens (tertiary/aromatic N) is 4. The second-order valence-corrected chi connectivity index (χ2v) is 10.4. The van der Waals surface area contributed by atoms with E-state index < -0.39 is 15.8 Å². The molecule has 11 heteroatoms. The number of rotatable bonds is 5. The summed E-state index contributed by atoms with van der Waals surface area (Å²) in [6, 6.07) is 9.18.